The third-order valence-corrected chi connectivity index (χ3v) is 3.48. The highest BCUT2D eigenvalue weighted by atomic mass is 32.1. The molecule has 112 valence electrons. The lowest BCUT2D eigenvalue weighted by atomic mass is 10.2. The quantitative estimate of drug-likeness (QED) is 0.943. The standard InChI is InChI=1S/C13H11F3N2O2S/c1-20-9-4-2-8(3-5-9)6-17-12(19)10-11(13(14,15)16)18-7-21-10/h2-5,7H,6H2,1H3,(H,17,19). The molecule has 0 aliphatic rings. The second kappa shape index (κ2) is 6.13. The summed E-state index contributed by atoms with van der Waals surface area (Å²) in [7, 11) is 1.53. The molecule has 4 nitrogen and oxygen atoms in total. The van der Waals surface area contributed by atoms with Gasteiger partial charge in [0.15, 0.2) is 5.69 Å². The topological polar surface area (TPSA) is 51.2 Å². The number of hydrogen-bond donors (Lipinski definition) is 1. The van der Waals surface area contributed by atoms with Gasteiger partial charge in [-0.25, -0.2) is 4.98 Å². The van der Waals surface area contributed by atoms with Crippen LogP contribution in [0.1, 0.15) is 20.9 Å². The Morgan fingerprint density at radius 1 is 1.33 bits per heavy atom. The fourth-order valence-electron chi connectivity index (χ4n) is 1.62. The van der Waals surface area contributed by atoms with E-state index in [1.165, 1.54) is 7.11 Å². The Bertz CT molecular complexity index is 623. The third-order valence-electron chi connectivity index (χ3n) is 2.65. The van der Waals surface area contributed by atoms with Crippen LogP contribution in [0.4, 0.5) is 13.2 Å². The van der Waals surface area contributed by atoms with E-state index in [0.717, 1.165) is 11.1 Å². The number of benzene rings is 1. The largest absolute Gasteiger partial charge is 0.497 e. The Kier molecular flexibility index (Phi) is 4.46. The number of alkyl halides is 3. The Morgan fingerprint density at radius 2 is 2.00 bits per heavy atom. The van der Waals surface area contributed by atoms with Crippen molar-refractivity contribution in [2.45, 2.75) is 12.7 Å². The maximum atomic E-state index is 12.6. The first-order chi connectivity index (χ1) is 9.91. The SMILES string of the molecule is COc1ccc(CNC(=O)c2scnc2C(F)(F)F)cc1. The van der Waals surface area contributed by atoms with Crippen molar-refractivity contribution in [2.75, 3.05) is 7.11 Å². The number of nitrogens with one attached hydrogen (secondary N) is 1. The van der Waals surface area contributed by atoms with Gasteiger partial charge in [-0.05, 0) is 17.7 Å². The van der Waals surface area contributed by atoms with E-state index in [0.29, 0.717) is 17.1 Å². The first-order valence-electron chi connectivity index (χ1n) is 5.83. The van der Waals surface area contributed by atoms with Gasteiger partial charge in [0.05, 0.1) is 12.6 Å². The molecule has 2 aromatic rings. The molecule has 1 heterocycles. The molecule has 0 spiro atoms. The van der Waals surface area contributed by atoms with Crippen LogP contribution in [0, 0.1) is 0 Å². The lowest BCUT2D eigenvalue weighted by Crippen LogP contribution is -2.24. The highest BCUT2D eigenvalue weighted by Gasteiger charge is 2.38. The Labute approximate surface area is 122 Å². The van der Waals surface area contributed by atoms with Crippen LogP contribution in [0.25, 0.3) is 0 Å². The molecule has 2 rings (SSSR count). The van der Waals surface area contributed by atoms with Crippen molar-refractivity contribution >= 4 is 17.2 Å². The number of hydrogen-bond acceptors (Lipinski definition) is 4. The zero-order valence-electron chi connectivity index (χ0n) is 10.9. The lowest BCUT2D eigenvalue weighted by Gasteiger charge is -2.08. The van der Waals surface area contributed by atoms with Gasteiger partial charge < -0.3 is 10.1 Å². The monoisotopic (exact) mass is 316 g/mol. The van der Waals surface area contributed by atoms with Crippen LogP contribution in [0.5, 0.6) is 5.75 Å². The first-order valence-corrected chi connectivity index (χ1v) is 6.71. The molecular formula is C13H11F3N2O2S. The van der Waals surface area contributed by atoms with Gasteiger partial charge in [0.25, 0.3) is 5.91 Å². The number of methoxy groups -OCH3 is 1. The average Bonchev–Trinajstić information content (AvgIpc) is 2.95. The van der Waals surface area contributed by atoms with Crippen molar-refractivity contribution in [1.82, 2.24) is 10.3 Å². The highest BCUT2D eigenvalue weighted by molar-refractivity contribution is 7.11. The molecule has 0 atom stereocenters. The molecule has 1 N–H and O–H groups in total. The van der Waals surface area contributed by atoms with E-state index in [2.05, 4.69) is 10.3 Å². The summed E-state index contributed by atoms with van der Waals surface area (Å²) in [6.07, 6.45) is -4.63. The molecule has 0 aliphatic carbocycles. The maximum Gasteiger partial charge on any atom is 0.434 e. The van der Waals surface area contributed by atoms with Gasteiger partial charge in [-0.3, -0.25) is 4.79 Å². The normalized spacial score (nSPS) is 11.2. The van der Waals surface area contributed by atoms with Crippen LogP contribution in [0.2, 0.25) is 0 Å². The number of carbonyl (C=O) groups excluding carboxylic acids is 1. The first kappa shape index (κ1) is 15.3. The number of ether oxygens (including phenoxy) is 1. The van der Waals surface area contributed by atoms with Gasteiger partial charge in [0.2, 0.25) is 0 Å². The fraction of sp³-hybridized carbons (Fsp3) is 0.231. The Balaban J connectivity index is 2.03. The number of halogens is 3. The number of aromatic nitrogens is 1. The van der Waals surface area contributed by atoms with Crippen LogP contribution in [0.3, 0.4) is 0 Å². The van der Waals surface area contributed by atoms with Gasteiger partial charge in [0, 0.05) is 6.54 Å². The third kappa shape index (κ3) is 3.72. The predicted molar refractivity (Wildman–Crippen MR) is 71.3 cm³/mol. The Morgan fingerprint density at radius 3 is 2.57 bits per heavy atom. The summed E-state index contributed by atoms with van der Waals surface area (Å²) in [6.45, 7) is 0.123. The molecule has 1 aromatic carbocycles. The van der Waals surface area contributed by atoms with Crippen molar-refractivity contribution in [2.24, 2.45) is 0 Å². The van der Waals surface area contributed by atoms with Crippen LogP contribution in [-0.4, -0.2) is 18.0 Å². The molecule has 0 aliphatic heterocycles. The predicted octanol–water partition coefficient (Wildman–Crippen LogP) is 3.10. The molecule has 0 saturated carbocycles. The summed E-state index contributed by atoms with van der Waals surface area (Å²) in [5.41, 5.74) is 0.604. The molecule has 1 amide bonds. The van der Waals surface area contributed by atoms with Gasteiger partial charge in [-0.2, -0.15) is 13.2 Å². The number of thiazole rings is 1. The summed E-state index contributed by atoms with van der Waals surface area (Å²) in [4.78, 5) is 14.6. The molecule has 0 fully saturated rings. The molecule has 0 radical (unpaired) electrons. The van der Waals surface area contributed by atoms with E-state index in [9.17, 15) is 18.0 Å². The molecule has 0 saturated heterocycles. The molecule has 0 bridgehead atoms. The van der Waals surface area contributed by atoms with Crippen molar-refractivity contribution in [1.29, 1.82) is 0 Å². The smallest absolute Gasteiger partial charge is 0.434 e. The van der Waals surface area contributed by atoms with E-state index < -0.39 is 22.7 Å². The molecule has 1 aromatic heterocycles. The minimum Gasteiger partial charge on any atom is -0.497 e. The minimum atomic E-state index is -4.63. The van der Waals surface area contributed by atoms with Crippen LogP contribution in [0.15, 0.2) is 29.8 Å². The van der Waals surface area contributed by atoms with E-state index in [1.807, 2.05) is 0 Å². The van der Waals surface area contributed by atoms with Gasteiger partial charge in [-0.1, -0.05) is 12.1 Å². The van der Waals surface area contributed by atoms with Gasteiger partial charge >= 0.3 is 6.18 Å². The second-order valence-electron chi connectivity index (χ2n) is 4.06. The van der Waals surface area contributed by atoms with E-state index in [-0.39, 0.29) is 6.54 Å². The number of nitrogens with zero attached hydrogens (tertiary/aromatic N) is 1. The van der Waals surface area contributed by atoms with Crippen LogP contribution >= 0.6 is 11.3 Å². The zero-order valence-corrected chi connectivity index (χ0v) is 11.7. The molecule has 0 unspecified atom stereocenters. The molecular weight excluding hydrogens is 305 g/mol. The van der Waals surface area contributed by atoms with Crippen molar-refractivity contribution in [3.8, 4) is 5.75 Å². The number of amides is 1. The fourth-order valence-corrected chi connectivity index (χ4v) is 2.34. The van der Waals surface area contributed by atoms with Crippen molar-refractivity contribution in [3.63, 3.8) is 0 Å². The number of carbonyl (C=O) groups is 1. The van der Waals surface area contributed by atoms with Crippen molar-refractivity contribution in [3.05, 3.63) is 45.9 Å². The minimum absolute atomic E-state index is 0.123. The van der Waals surface area contributed by atoms with Crippen LogP contribution in [-0.2, 0) is 12.7 Å². The number of rotatable bonds is 4. The summed E-state index contributed by atoms with van der Waals surface area (Å²) < 4.78 is 42.9. The molecule has 21 heavy (non-hydrogen) atoms. The highest BCUT2D eigenvalue weighted by Crippen LogP contribution is 2.32. The average molecular weight is 316 g/mol. The summed E-state index contributed by atoms with van der Waals surface area (Å²) in [6, 6.07) is 6.84. The van der Waals surface area contributed by atoms with E-state index in [4.69, 9.17) is 4.74 Å². The maximum absolute atomic E-state index is 12.6. The van der Waals surface area contributed by atoms with E-state index in [1.54, 1.807) is 24.3 Å². The second-order valence-corrected chi connectivity index (χ2v) is 4.91. The Hall–Kier alpha value is -2.09. The lowest BCUT2D eigenvalue weighted by molar-refractivity contribution is -0.141. The van der Waals surface area contributed by atoms with Crippen LogP contribution < -0.4 is 10.1 Å². The van der Waals surface area contributed by atoms with Gasteiger partial charge in [0.1, 0.15) is 10.6 Å². The summed E-state index contributed by atoms with van der Waals surface area (Å²) in [5.74, 6) is -0.132. The summed E-state index contributed by atoms with van der Waals surface area (Å²) >= 11 is 0.663. The van der Waals surface area contributed by atoms with E-state index >= 15 is 0 Å². The summed E-state index contributed by atoms with van der Waals surface area (Å²) in [5, 5.41) is 2.44. The van der Waals surface area contributed by atoms with Crippen molar-refractivity contribution < 1.29 is 22.7 Å². The van der Waals surface area contributed by atoms with Gasteiger partial charge in [-0.15, -0.1) is 11.3 Å². The molecule has 8 heteroatoms. The zero-order chi connectivity index (χ0) is 15.5.